The molecule has 1 atom stereocenters. The Morgan fingerprint density at radius 2 is 1.79 bits per heavy atom. The third-order valence-corrected chi connectivity index (χ3v) is 4.95. The molecule has 0 spiro atoms. The van der Waals surface area contributed by atoms with Gasteiger partial charge in [-0.1, -0.05) is 12.1 Å². The normalized spacial score (nSPS) is 21.9. The van der Waals surface area contributed by atoms with E-state index in [4.69, 9.17) is 0 Å². The number of piperidine rings is 1. The monoisotopic (exact) mass is 354 g/mol. The SMILES string of the molecule is Cl.O=C1CC(Cc2ccc(F)cc2)C(=O)N1CCC1CCNCC1. The van der Waals surface area contributed by atoms with Crippen molar-refractivity contribution in [3.05, 3.63) is 35.6 Å². The first kappa shape index (κ1) is 18.9. The third-order valence-electron chi connectivity index (χ3n) is 4.95. The van der Waals surface area contributed by atoms with E-state index < -0.39 is 0 Å². The van der Waals surface area contributed by atoms with Crippen molar-refractivity contribution in [1.29, 1.82) is 0 Å². The maximum Gasteiger partial charge on any atom is 0.233 e. The Bertz CT molecular complexity index is 573. The van der Waals surface area contributed by atoms with E-state index in [-0.39, 0.29) is 42.4 Å². The van der Waals surface area contributed by atoms with Crippen molar-refractivity contribution in [3.63, 3.8) is 0 Å². The number of hydrogen-bond acceptors (Lipinski definition) is 3. The molecule has 132 valence electrons. The van der Waals surface area contributed by atoms with Crippen LogP contribution in [0.3, 0.4) is 0 Å². The molecule has 0 aromatic heterocycles. The van der Waals surface area contributed by atoms with Gasteiger partial charge in [-0.25, -0.2) is 4.39 Å². The van der Waals surface area contributed by atoms with Crippen LogP contribution in [0.25, 0.3) is 0 Å². The highest BCUT2D eigenvalue weighted by Crippen LogP contribution is 2.25. The fourth-order valence-electron chi connectivity index (χ4n) is 3.53. The van der Waals surface area contributed by atoms with E-state index in [1.165, 1.54) is 17.0 Å². The van der Waals surface area contributed by atoms with Crippen molar-refractivity contribution >= 4 is 24.2 Å². The quantitative estimate of drug-likeness (QED) is 0.827. The molecule has 1 aromatic rings. The predicted octanol–water partition coefficient (Wildman–Crippen LogP) is 2.55. The average molecular weight is 355 g/mol. The van der Waals surface area contributed by atoms with Crippen molar-refractivity contribution < 1.29 is 14.0 Å². The minimum atomic E-state index is -0.291. The molecular formula is C18H24ClFN2O2. The van der Waals surface area contributed by atoms with Crippen molar-refractivity contribution in [1.82, 2.24) is 10.2 Å². The molecule has 2 saturated heterocycles. The summed E-state index contributed by atoms with van der Waals surface area (Å²) in [4.78, 5) is 26.1. The number of carbonyl (C=O) groups excluding carboxylic acids is 2. The standard InChI is InChI=1S/C18H23FN2O2.ClH/c19-16-3-1-14(2-4-16)11-15-12-17(22)21(18(15)23)10-7-13-5-8-20-9-6-13;/h1-4,13,15,20H,5-12H2;1H. The molecule has 4 nitrogen and oxygen atoms in total. The highest BCUT2D eigenvalue weighted by Gasteiger charge is 2.38. The van der Waals surface area contributed by atoms with Crippen LogP contribution in [-0.4, -0.2) is 36.3 Å². The molecule has 0 aliphatic carbocycles. The zero-order valence-corrected chi connectivity index (χ0v) is 14.5. The van der Waals surface area contributed by atoms with Gasteiger partial charge in [-0.15, -0.1) is 12.4 Å². The van der Waals surface area contributed by atoms with Gasteiger partial charge < -0.3 is 5.32 Å². The number of rotatable bonds is 5. The lowest BCUT2D eigenvalue weighted by atomic mass is 9.94. The third kappa shape index (κ3) is 4.54. The second-order valence-corrected chi connectivity index (χ2v) is 6.60. The lowest BCUT2D eigenvalue weighted by Gasteiger charge is -2.24. The van der Waals surface area contributed by atoms with Crippen LogP contribution in [0.1, 0.15) is 31.2 Å². The Kier molecular flexibility index (Phi) is 6.75. The van der Waals surface area contributed by atoms with E-state index in [0.717, 1.165) is 37.9 Å². The lowest BCUT2D eigenvalue weighted by molar-refractivity contribution is -0.139. The van der Waals surface area contributed by atoms with E-state index in [9.17, 15) is 14.0 Å². The highest BCUT2D eigenvalue weighted by atomic mass is 35.5. The molecule has 1 N–H and O–H groups in total. The number of carbonyl (C=O) groups is 2. The number of halogens is 2. The molecule has 2 fully saturated rings. The van der Waals surface area contributed by atoms with Gasteiger partial charge in [-0.2, -0.15) is 0 Å². The number of nitrogens with zero attached hydrogens (tertiary/aromatic N) is 1. The molecule has 0 bridgehead atoms. The molecule has 0 radical (unpaired) electrons. The fraction of sp³-hybridized carbons (Fsp3) is 0.556. The summed E-state index contributed by atoms with van der Waals surface area (Å²) in [6.45, 7) is 2.60. The van der Waals surface area contributed by atoms with Crippen LogP contribution in [0.4, 0.5) is 4.39 Å². The molecule has 1 aromatic carbocycles. The zero-order valence-electron chi connectivity index (χ0n) is 13.7. The molecule has 24 heavy (non-hydrogen) atoms. The van der Waals surface area contributed by atoms with Crippen LogP contribution in [0, 0.1) is 17.7 Å². The van der Waals surface area contributed by atoms with E-state index in [1.807, 2.05) is 0 Å². The van der Waals surface area contributed by atoms with Crippen molar-refractivity contribution in [2.45, 2.75) is 32.1 Å². The van der Waals surface area contributed by atoms with Gasteiger partial charge in [0.15, 0.2) is 0 Å². The van der Waals surface area contributed by atoms with Gasteiger partial charge >= 0.3 is 0 Å². The molecule has 6 heteroatoms. The Morgan fingerprint density at radius 3 is 2.46 bits per heavy atom. The van der Waals surface area contributed by atoms with Gasteiger partial charge in [0.1, 0.15) is 5.82 Å². The zero-order chi connectivity index (χ0) is 16.2. The summed E-state index contributed by atoms with van der Waals surface area (Å²) in [6.07, 6.45) is 3.93. The maximum absolute atomic E-state index is 12.9. The van der Waals surface area contributed by atoms with Crippen LogP contribution in [0.5, 0.6) is 0 Å². The molecule has 2 aliphatic heterocycles. The van der Waals surface area contributed by atoms with E-state index >= 15 is 0 Å². The molecule has 2 heterocycles. The van der Waals surface area contributed by atoms with Crippen molar-refractivity contribution in [2.75, 3.05) is 19.6 Å². The Labute approximate surface area is 148 Å². The number of benzene rings is 1. The number of likely N-dealkylation sites (tertiary alicyclic amines) is 1. The summed E-state index contributed by atoms with van der Waals surface area (Å²) in [6, 6.07) is 6.16. The minimum absolute atomic E-state index is 0. The van der Waals surface area contributed by atoms with Gasteiger partial charge in [-0.3, -0.25) is 14.5 Å². The summed E-state index contributed by atoms with van der Waals surface area (Å²) >= 11 is 0. The first-order chi connectivity index (χ1) is 11.1. The molecule has 3 rings (SSSR count). The van der Waals surface area contributed by atoms with Crippen LogP contribution in [0.15, 0.2) is 24.3 Å². The molecule has 2 aliphatic rings. The van der Waals surface area contributed by atoms with E-state index in [1.54, 1.807) is 12.1 Å². The first-order valence-electron chi connectivity index (χ1n) is 8.43. The second kappa shape index (κ2) is 8.58. The van der Waals surface area contributed by atoms with Gasteiger partial charge in [0, 0.05) is 13.0 Å². The molecule has 0 saturated carbocycles. The largest absolute Gasteiger partial charge is 0.317 e. The van der Waals surface area contributed by atoms with Crippen molar-refractivity contribution in [3.8, 4) is 0 Å². The summed E-state index contributed by atoms with van der Waals surface area (Å²) < 4.78 is 12.9. The lowest BCUT2D eigenvalue weighted by Crippen LogP contribution is -2.35. The fourth-order valence-corrected chi connectivity index (χ4v) is 3.53. The first-order valence-corrected chi connectivity index (χ1v) is 8.43. The van der Waals surface area contributed by atoms with Gasteiger partial charge in [0.05, 0.1) is 5.92 Å². The average Bonchev–Trinajstić information content (AvgIpc) is 2.82. The number of nitrogens with one attached hydrogen (secondary N) is 1. The number of hydrogen-bond donors (Lipinski definition) is 1. The van der Waals surface area contributed by atoms with Crippen LogP contribution in [-0.2, 0) is 16.0 Å². The Morgan fingerprint density at radius 1 is 1.12 bits per heavy atom. The predicted molar refractivity (Wildman–Crippen MR) is 92.4 cm³/mol. The van der Waals surface area contributed by atoms with Gasteiger partial charge in [0.25, 0.3) is 0 Å². The van der Waals surface area contributed by atoms with Gasteiger partial charge in [-0.05, 0) is 62.4 Å². The summed E-state index contributed by atoms with van der Waals surface area (Å²) in [5, 5.41) is 3.32. The Balaban J connectivity index is 0.00000208. The van der Waals surface area contributed by atoms with E-state index in [2.05, 4.69) is 5.32 Å². The van der Waals surface area contributed by atoms with E-state index in [0.29, 0.717) is 18.9 Å². The molecular weight excluding hydrogens is 331 g/mol. The number of imide groups is 1. The van der Waals surface area contributed by atoms with Crippen molar-refractivity contribution in [2.24, 2.45) is 11.8 Å². The van der Waals surface area contributed by atoms with Gasteiger partial charge in [0.2, 0.25) is 11.8 Å². The second-order valence-electron chi connectivity index (χ2n) is 6.60. The highest BCUT2D eigenvalue weighted by molar-refractivity contribution is 6.03. The Hall–Kier alpha value is -1.46. The van der Waals surface area contributed by atoms with Crippen LogP contribution in [0.2, 0.25) is 0 Å². The summed E-state index contributed by atoms with van der Waals surface area (Å²) in [5.41, 5.74) is 0.901. The minimum Gasteiger partial charge on any atom is -0.317 e. The molecule has 2 amide bonds. The van der Waals surface area contributed by atoms with Crippen LogP contribution >= 0.6 is 12.4 Å². The number of amides is 2. The van der Waals surface area contributed by atoms with Crippen LogP contribution < -0.4 is 5.32 Å². The topological polar surface area (TPSA) is 49.4 Å². The molecule has 1 unspecified atom stereocenters. The summed E-state index contributed by atoms with van der Waals surface area (Å²) in [5.74, 6) is -0.0931. The summed E-state index contributed by atoms with van der Waals surface area (Å²) in [7, 11) is 0. The maximum atomic E-state index is 12.9. The smallest absolute Gasteiger partial charge is 0.233 e.